The van der Waals surface area contributed by atoms with Crippen LogP contribution in [-0.2, 0) is 4.74 Å². The maximum Gasteiger partial charge on any atom is 0.0765 e. The maximum absolute atomic E-state index is 9.83. The number of ether oxygens (including phenoxy) is 1. The lowest BCUT2D eigenvalue weighted by molar-refractivity contribution is 0.0240. The van der Waals surface area contributed by atoms with Crippen LogP contribution < -0.4 is 5.32 Å². The topological polar surface area (TPSA) is 61.7 Å². The highest BCUT2D eigenvalue weighted by atomic mass is 16.5. The minimum Gasteiger partial charge on any atom is -0.396 e. The summed E-state index contributed by atoms with van der Waals surface area (Å²) in [6, 6.07) is 0. The van der Waals surface area contributed by atoms with Crippen LogP contribution in [0.3, 0.4) is 0 Å². The minimum atomic E-state index is -0.731. The Kier molecular flexibility index (Phi) is 7.09. The fraction of sp³-hybridized carbons (Fsp3) is 1.00. The Morgan fingerprint density at radius 3 is 2.64 bits per heavy atom. The molecular formula is C10H23NO3. The van der Waals surface area contributed by atoms with Crippen LogP contribution in [0.1, 0.15) is 20.3 Å². The molecule has 0 heterocycles. The molecule has 0 aliphatic carbocycles. The number of aliphatic hydroxyl groups excluding tert-OH is 1. The molecule has 0 saturated heterocycles. The number of aliphatic hydroxyl groups is 2. The van der Waals surface area contributed by atoms with Crippen LogP contribution >= 0.6 is 0 Å². The van der Waals surface area contributed by atoms with Crippen LogP contribution in [0.5, 0.6) is 0 Å². The Morgan fingerprint density at radius 1 is 1.50 bits per heavy atom. The third-order valence-electron chi connectivity index (χ3n) is 2.16. The van der Waals surface area contributed by atoms with E-state index in [9.17, 15) is 5.11 Å². The first-order valence-corrected chi connectivity index (χ1v) is 5.04. The maximum atomic E-state index is 9.83. The van der Waals surface area contributed by atoms with Gasteiger partial charge in [0.1, 0.15) is 0 Å². The minimum absolute atomic E-state index is 0.174. The first-order valence-electron chi connectivity index (χ1n) is 5.04. The molecule has 4 nitrogen and oxygen atoms in total. The average molecular weight is 205 g/mol. The largest absolute Gasteiger partial charge is 0.396 e. The second-order valence-corrected chi connectivity index (χ2v) is 4.16. The molecule has 0 aliphatic heterocycles. The van der Waals surface area contributed by atoms with Gasteiger partial charge in [-0.05, 0) is 19.4 Å². The summed E-state index contributed by atoms with van der Waals surface area (Å²) in [5.41, 5.74) is -0.731. The number of nitrogens with one attached hydrogen (secondary N) is 1. The molecule has 0 saturated carbocycles. The molecule has 0 spiro atoms. The average Bonchev–Trinajstić information content (AvgIpc) is 2.14. The van der Waals surface area contributed by atoms with E-state index in [4.69, 9.17) is 9.84 Å². The molecule has 0 aliphatic rings. The standard InChI is InChI=1S/C10H23NO3/c1-9(7-12)6-11-8-10(2,13)4-5-14-3/h9,11-13H,4-8H2,1-3H3. The highest BCUT2D eigenvalue weighted by Gasteiger charge is 2.19. The lowest BCUT2D eigenvalue weighted by atomic mass is 10.0. The Labute approximate surface area is 86.3 Å². The third kappa shape index (κ3) is 7.26. The van der Waals surface area contributed by atoms with Gasteiger partial charge in [0, 0.05) is 33.3 Å². The summed E-state index contributed by atoms with van der Waals surface area (Å²) >= 11 is 0. The van der Waals surface area contributed by atoms with Crippen molar-refractivity contribution in [3.8, 4) is 0 Å². The van der Waals surface area contributed by atoms with Gasteiger partial charge in [0.15, 0.2) is 0 Å². The van der Waals surface area contributed by atoms with E-state index in [0.29, 0.717) is 19.6 Å². The first-order chi connectivity index (χ1) is 6.52. The van der Waals surface area contributed by atoms with E-state index in [1.54, 1.807) is 14.0 Å². The van der Waals surface area contributed by atoms with Crippen LogP contribution in [-0.4, -0.2) is 49.2 Å². The molecule has 0 fully saturated rings. The molecule has 14 heavy (non-hydrogen) atoms. The van der Waals surface area contributed by atoms with Gasteiger partial charge in [-0.3, -0.25) is 0 Å². The van der Waals surface area contributed by atoms with Crippen LogP contribution in [0.2, 0.25) is 0 Å². The monoisotopic (exact) mass is 205 g/mol. The lowest BCUT2D eigenvalue weighted by Gasteiger charge is -2.24. The van der Waals surface area contributed by atoms with Crippen molar-refractivity contribution in [2.45, 2.75) is 25.9 Å². The summed E-state index contributed by atoms with van der Waals surface area (Å²) in [6.07, 6.45) is 0.615. The predicted molar refractivity (Wildman–Crippen MR) is 56.2 cm³/mol. The summed E-state index contributed by atoms with van der Waals surface area (Å²) in [5, 5.41) is 21.7. The molecule has 0 aromatic carbocycles. The van der Waals surface area contributed by atoms with Gasteiger partial charge in [0.2, 0.25) is 0 Å². The van der Waals surface area contributed by atoms with Gasteiger partial charge in [0.25, 0.3) is 0 Å². The molecule has 3 N–H and O–H groups in total. The zero-order valence-corrected chi connectivity index (χ0v) is 9.42. The van der Waals surface area contributed by atoms with Gasteiger partial charge in [-0.15, -0.1) is 0 Å². The highest BCUT2D eigenvalue weighted by Crippen LogP contribution is 2.07. The van der Waals surface area contributed by atoms with Gasteiger partial charge < -0.3 is 20.3 Å². The van der Waals surface area contributed by atoms with Gasteiger partial charge in [0.05, 0.1) is 5.60 Å². The molecule has 0 rings (SSSR count). The van der Waals surface area contributed by atoms with E-state index in [1.807, 2.05) is 6.92 Å². The number of methoxy groups -OCH3 is 1. The highest BCUT2D eigenvalue weighted by molar-refractivity contribution is 4.75. The fourth-order valence-electron chi connectivity index (χ4n) is 1.06. The summed E-state index contributed by atoms with van der Waals surface area (Å²) in [4.78, 5) is 0. The van der Waals surface area contributed by atoms with Gasteiger partial charge in [-0.2, -0.15) is 0 Å². The molecule has 0 bridgehead atoms. The summed E-state index contributed by atoms with van der Waals surface area (Å²) in [6.45, 7) is 5.72. The van der Waals surface area contributed by atoms with E-state index in [-0.39, 0.29) is 12.5 Å². The smallest absolute Gasteiger partial charge is 0.0765 e. The lowest BCUT2D eigenvalue weighted by Crippen LogP contribution is -2.40. The van der Waals surface area contributed by atoms with E-state index >= 15 is 0 Å². The van der Waals surface area contributed by atoms with Crippen molar-refractivity contribution in [1.82, 2.24) is 5.32 Å². The Bertz CT molecular complexity index is 139. The molecule has 0 radical (unpaired) electrons. The van der Waals surface area contributed by atoms with E-state index in [0.717, 1.165) is 6.54 Å². The molecule has 86 valence electrons. The molecule has 2 unspecified atom stereocenters. The molecular weight excluding hydrogens is 182 g/mol. The Morgan fingerprint density at radius 2 is 2.14 bits per heavy atom. The SMILES string of the molecule is COCCC(C)(O)CNCC(C)CO. The Hall–Kier alpha value is -0.160. The van der Waals surface area contributed by atoms with Crippen molar-refractivity contribution in [2.75, 3.05) is 33.4 Å². The first kappa shape index (κ1) is 13.8. The second-order valence-electron chi connectivity index (χ2n) is 4.16. The Balaban J connectivity index is 3.54. The van der Waals surface area contributed by atoms with Crippen molar-refractivity contribution in [1.29, 1.82) is 0 Å². The van der Waals surface area contributed by atoms with Crippen molar-refractivity contribution in [3.63, 3.8) is 0 Å². The van der Waals surface area contributed by atoms with Crippen molar-refractivity contribution in [3.05, 3.63) is 0 Å². The van der Waals surface area contributed by atoms with Crippen molar-refractivity contribution < 1.29 is 14.9 Å². The number of rotatable bonds is 8. The molecule has 0 aromatic heterocycles. The molecule has 0 aromatic rings. The second kappa shape index (κ2) is 7.17. The van der Waals surface area contributed by atoms with Gasteiger partial charge in [-0.25, -0.2) is 0 Å². The van der Waals surface area contributed by atoms with Crippen molar-refractivity contribution >= 4 is 0 Å². The normalized spacial score (nSPS) is 17.8. The van der Waals surface area contributed by atoms with Crippen LogP contribution in [0.4, 0.5) is 0 Å². The summed E-state index contributed by atoms with van der Waals surface area (Å²) < 4.78 is 4.90. The van der Waals surface area contributed by atoms with Crippen LogP contribution in [0.25, 0.3) is 0 Å². The molecule has 0 amide bonds. The fourth-order valence-corrected chi connectivity index (χ4v) is 1.06. The van der Waals surface area contributed by atoms with Gasteiger partial charge >= 0.3 is 0 Å². The molecule has 4 heteroatoms. The summed E-state index contributed by atoms with van der Waals surface area (Å²) in [5.74, 6) is 0.230. The van der Waals surface area contributed by atoms with Crippen LogP contribution in [0.15, 0.2) is 0 Å². The van der Waals surface area contributed by atoms with E-state index in [2.05, 4.69) is 5.32 Å². The zero-order chi connectivity index (χ0) is 11.0. The van der Waals surface area contributed by atoms with E-state index < -0.39 is 5.60 Å². The quantitative estimate of drug-likeness (QED) is 0.521. The van der Waals surface area contributed by atoms with Crippen molar-refractivity contribution in [2.24, 2.45) is 5.92 Å². The third-order valence-corrected chi connectivity index (χ3v) is 2.16. The van der Waals surface area contributed by atoms with E-state index in [1.165, 1.54) is 0 Å². The van der Waals surface area contributed by atoms with Crippen LogP contribution in [0, 0.1) is 5.92 Å². The zero-order valence-electron chi connectivity index (χ0n) is 9.42. The predicted octanol–water partition coefficient (Wildman–Crippen LogP) is -0.00810. The molecule has 2 atom stereocenters. The number of hydrogen-bond acceptors (Lipinski definition) is 4. The number of hydrogen-bond donors (Lipinski definition) is 3. The summed E-state index contributed by atoms with van der Waals surface area (Å²) in [7, 11) is 1.62. The van der Waals surface area contributed by atoms with Gasteiger partial charge in [-0.1, -0.05) is 6.92 Å².